The highest BCUT2D eigenvalue weighted by Crippen LogP contribution is 2.32. The average molecular weight is 464 g/mol. The Morgan fingerprint density at radius 3 is 2.44 bits per heavy atom. The highest BCUT2D eigenvalue weighted by molar-refractivity contribution is 7.99. The second-order valence-corrected chi connectivity index (χ2v) is 9.56. The third kappa shape index (κ3) is 4.36. The molecular formula is C25H25N3O2S2. The van der Waals surface area contributed by atoms with Crippen molar-refractivity contribution < 1.29 is 4.79 Å². The Bertz CT molecular complexity index is 1330. The average Bonchev–Trinajstić information content (AvgIpc) is 3.20. The second-order valence-electron chi connectivity index (χ2n) is 7.74. The van der Waals surface area contributed by atoms with Gasteiger partial charge in [0.1, 0.15) is 4.70 Å². The number of para-hydroxylation sites is 1. The highest BCUT2D eigenvalue weighted by atomic mass is 32.2. The number of rotatable bonds is 6. The monoisotopic (exact) mass is 463 g/mol. The number of carbonyl (C=O) groups is 1. The smallest absolute Gasteiger partial charge is 0.272 e. The van der Waals surface area contributed by atoms with Crippen LogP contribution in [0.1, 0.15) is 23.6 Å². The number of thiophene rings is 1. The van der Waals surface area contributed by atoms with Crippen molar-refractivity contribution in [1.82, 2.24) is 9.55 Å². The van der Waals surface area contributed by atoms with E-state index >= 15 is 0 Å². The molecule has 0 saturated heterocycles. The van der Waals surface area contributed by atoms with E-state index in [1.807, 2.05) is 51.3 Å². The number of hydrogen-bond donors (Lipinski definition) is 1. The van der Waals surface area contributed by atoms with Crippen molar-refractivity contribution in [3.8, 4) is 11.1 Å². The van der Waals surface area contributed by atoms with Gasteiger partial charge in [-0.15, -0.1) is 11.3 Å². The summed E-state index contributed by atoms with van der Waals surface area (Å²) < 4.78 is 2.29. The molecule has 0 aliphatic carbocycles. The van der Waals surface area contributed by atoms with Crippen molar-refractivity contribution in [1.29, 1.82) is 0 Å². The maximum Gasteiger partial charge on any atom is 0.272 e. The molecule has 5 nitrogen and oxygen atoms in total. The molecule has 0 bridgehead atoms. The van der Waals surface area contributed by atoms with E-state index in [0.29, 0.717) is 21.9 Å². The number of nitrogens with zero attached hydrogens (tertiary/aromatic N) is 2. The minimum absolute atomic E-state index is 0.0569. The third-order valence-corrected chi connectivity index (χ3v) is 7.33. The van der Waals surface area contributed by atoms with Crippen LogP contribution in [0.25, 0.3) is 21.3 Å². The summed E-state index contributed by atoms with van der Waals surface area (Å²) >= 11 is 2.72. The molecule has 2 aromatic heterocycles. The molecule has 7 heteroatoms. The van der Waals surface area contributed by atoms with Gasteiger partial charge >= 0.3 is 0 Å². The summed E-state index contributed by atoms with van der Waals surface area (Å²) in [6.45, 7) is 8.42. The molecule has 2 aromatic carbocycles. The number of fused-ring (bicyclic) bond motifs is 1. The normalized spacial score (nSPS) is 11.1. The molecule has 32 heavy (non-hydrogen) atoms. The Kier molecular flexibility index (Phi) is 6.48. The zero-order valence-electron chi connectivity index (χ0n) is 18.6. The van der Waals surface area contributed by atoms with Crippen LogP contribution >= 0.6 is 23.1 Å². The van der Waals surface area contributed by atoms with Gasteiger partial charge in [0, 0.05) is 23.2 Å². The van der Waals surface area contributed by atoms with Crippen LogP contribution in [-0.4, -0.2) is 21.2 Å². The van der Waals surface area contributed by atoms with E-state index in [-0.39, 0.29) is 17.2 Å². The fraction of sp³-hybridized carbons (Fsp3) is 0.240. The lowest BCUT2D eigenvalue weighted by Gasteiger charge is -2.13. The van der Waals surface area contributed by atoms with Crippen LogP contribution in [0.5, 0.6) is 0 Å². The van der Waals surface area contributed by atoms with Crippen LogP contribution < -0.4 is 10.9 Å². The van der Waals surface area contributed by atoms with Gasteiger partial charge < -0.3 is 5.32 Å². The summed E-state index contributed by atoms with van der Waals surface area (Å²) in [6.07, 6.45) is 0. The Hall–Kier alpha value is -2.90. The first-order valence-electron chi connectivity index (χ1n) is 10.5. The molecule has 0 aliphatic heterocycles. The molecule has 0 atom stereocenters. The summed E-state index contributed by atoms with van der Waals surface area (Å²) in [6, 6.07) is 14.1. The zero-order chi connectivity index (χ0) is 22.8. The number of hydrogen-bond acceptors (Lipinski definition) is 5. The second kappa shape index (κ2) is 9.30. The first kappa shape index (κ1) is 22.3. The number of benzene rings is 2. The lowest BCUT2D eigenvalue weighted by Crippen LogP contribution is -2.23. The first-order valence-corrected chi connectivity index (χ1v) is 12.3. The van der Waals surface area contributed by atoms with E-state index in [1.54, 1.807) is 4.57 Å². The third-order valence-electron chi connectivity index (χ3n) is 5.40. The molecule has 0 fully saturated rings. The van der Waals surface area contributed by atoms with Gasteiger partial charge in [-0.05, 0) is 44.4 Å². The van der Waals surface area contributed by atoms with Gasteiger partial charge in [0.05, 0.1) is 11.3 Å². The van der Waals surface area contributed by atoms with E-state index in [1.165, 1.54) is 28.7 Å². The summed E-state index contributed by atoms with van der Waals surface area (Å²) in [5.41, 5.74) is 6.70. The van der Waals surface area contributed by atoms with E-state index in [2.05, 4.69) is 29.6 Å². The molecule has 2 heterocycles. The fourth-order valence-corrected chi connectivity index (χ4v) is 5.44. The molecule has 4 rings (SSSR count). The van der Waals surface area contributed by atoms with Gasteiger partial charge in [0.15, 0.2) is 5.16 Å². The van der Waals surface area contributed by atoms with Crippen LogP contribution in [0.2, 0.25) is 0 Å². The number of amides is 1. The summed E-state index contributed by atoms with van der Waals surface area (Å²) in [5.74, 6) is 0.0592. The molecule has 0 spiro atoms. The van der Waals surface area contributed by atoms with Crippen molar-refractivity contribution in [2.75, 3.05) is 11.1 Å². The molecule has 0 unspecified atom stereocenters. The molecular weight excluding hydrogens is 438 g/mol. The lowest BCUT2D eigenvalue weighted by molar-refractivity contribution is -0.113. The van der Waals surface area contributed by atoms with Crippen molar-refractivity contribution in [3.05, 3.63) is 74.9 Å². The van der Waals surface area contributed by atoms with Crippen LogP contribution in [-0.2, 0) is 11.3 Å². The van der Waals surface area contributed by atoms with E-state index < -0.39 is 0 Å². The summed E-state index contributed by atoms with van der Waals surface area (Å²) in [5, 5.41) is 5.56. The van der Waals surface area contributed by atoms with Gasteiger partial charge in [-0.25, -0.2) is 4.98 Å². The van der Waals surface area contributed by atoms with Gasteiger partial charge in [0.2, 0.25) is 5.91 Å². The van der Waals surface area contributed by atoms with Crippen molar-refractivity contribution in [2.45, 2.75) is 39.4 Å². The zero-order valence-corrected chi connectivity index (χ0v) is 20.2. The highest BCUT2D eigenvalue weighted by Gasteiger charge is 2.17. The minimum atomic E-state index is -0.117. The maximum absolute atomic E-state index is 13.1. The number of anilines is 1. The molecule has 0 aliphatic rings. The Balaban J connectivity index is 1.64. The summed E-state index contributed by atoms with van der Waals surface area (Å²) in [4.78, 5) is 30.6. The fourth-order valence-electron chi connectivity index (χ4n) is 3.62. The molecule has 1 amide bonds. The topological polar surface area (TPSA) is 64.0 Å². The lowest BCUT2D eigenvalue weighted by atomic mass is 10.1. The van der Waals surface area contributed by atoms with Gasteiger partial charge in [-0.2, -0.15) is 0 Å². The number of nitrogens with one attached hydrogen (secondary N) is 1. The van der Waals surface area contributed by atoms with Gasteiger partial charge in [-0.3, -0.25) is 14.2 Å². The standard InChI is InChI=1S/C25H25N3O2S2/c1-5-28-24(30)23-22(19(13-31-23)18-11-9-15(2)10-12-18)27-25(28)32-14-20(29)26-21-16(3)7-6-8-17(21)4/h6-13H,5,14H2,1-4H3,(H,26,29). The molecule has 0 saturated carbocycles. The van der Waals surface area contributed by atoms with Crippen LogP contribution in [0.15, 0.2) is 57.8 Å². The first-order chi connectivity index (χ1) is 15.4. The molecule has 1 N–H and O–H groups in total. The van der Waals surface area contributed by atoms with Crippen molar-refractivity contribution >= 4 is 44.9 Å². The predicted molar refractivity (Wildman–Crippen MR) is 135 cm³/mol. The maximum atomic E-state index is 13.1. The SMILES string of the molecule is CCn1c(SCC(=O)Nc2c(C)cccc2C)nc2c(-c3ccc(C)cc3)csc2c1=O. The Morgan fingerprint density at radius 1 is 1.09 bits per heavy atom. The Morgan fingerprint density at radius 2 is 1.78 bits per heavy atom. The molecule has 4 aromatic rings. The van der Waals surface area contributed by atoms with Crippen LogP contribution in [0.4, 0.5) is 5.69 Å². The summed E-state index contributed by atoms with van der Waals surface area (Å²) in [7, 11) is 0. The number of carbonyl (C=O) groups excluding carboxylic acids is 1. The number of aryl methyl sites for hydroxylation is 3. The largest absolute Gasteiger partial charge is 0.325 e. The van der Waals surface area contributed by atoms with Crippen molar-refractivity contribution in [3.63, 3.8) is 0 Å². The molecule has 164 valence electrons. The van der Waals surface area contributed by atoms with Gasteiger partial charge in [-0.1, -0.05) is 59.8 Å². The molecule has 0 radical (unpaired) electrons. The Labute approximate surface area is 195 Å². The van der Waals surface area contributed by atoms with Gasteiger partial charge in [0.25, 0.3) is 5.56 Å². The number of aromatic nitrogens is 2. The minimum Gasteiger partial charge on any atom is -0.325 e. The van der Waals surface area contributed by atoms with E-state index in [4.69, 9.17) is 4.98 Å². The predicted octanol–water partition coefficient (Wildman–Crippen LogP) is 5.80. The van der Waals surface area contributed by atoms with Crippen LogP contribution in [0.3, 0.4) is 0 Å². The van der Waals surface area contributed by atoms with E-state index in [0.717, 1.165) is 27.9 Å². The van der Waals surface area contributed by atoms with E-state index in [9.17, 15) is 9.59 Å². The number of thioether (sulfide) groups is 1. The quantitative estimate of drug-likeness (QED) is 0.290. The van der Waals surface area contributed by atoms with Crippen molar-refractivity contribution in [2.24, 2.45) is 0 Å². The van der Waals surface area contributed by atoms with Crippen LogP contribution in [0, 0.1) is 20.8 Å².